The van der Waals surface area contributed by atoms with Gasteiger partial charge in [0.1, 0.15) is 17.5 Å². The Balaban J connectivity index is 2.06. The van der Waals surface area contributed by atoms with Crippen LogP contribution in [0.4, 0.5) is 0 Å². The first kappa shape index (κ1) is 11.2. The summed E-state index contributed by atoms with van der Waals surface area (Å²) >= 11 is 0. The van der Waals surface area contributed by atoms with Crippen LogP contribution in [-0.2, 0) is 4.74 Å². The third-order valence-electron chi connectivity index (χ3n) is 2.78. The first-order chi connectivity index (χ1) is 9.28. The van der Waals surface area contributed by atoms with Crippen molar-refractivity contribution in [3.8, 4) is 6.07 Å². The maximum atomic E-state index is 11.7. The van der Waals surface area contributed by atoms with E-state index in [9.17, 15) is 4.79 Å². The SMILES string of the molecule is N#Cc1cccc(/C=C2\OC(=O)c3ccccc32)n1. The number of nitrogens with zero attached hydrogens (tertiary/aromatic N) is 2. The minimum atomic E-state index is -0.363. The highest BCUT2D eigenvalue weighted by Crippen LogP contribution is 2.30. The molecule has 0 bridgehead atoms. The molecule has 0 spiro atoms. The fourth-order valence-electron chi connectivity index (χ4n) is 1.92. The Bertz CT molecular complexity index is 742. The van der Waals surface area contributed by atoms with E-state index in [4.69, 9.17) is 10.00 Å². The molecule has 0 amide bonds. The zero-order chi connectivity index (χ0) is 13.2. The molecule has 0 unspecified atom stereocenters. The predicted molar refractivity (Wildman–Crippen MR) is 68.7 cm³/mol. The molecule has 1 aromatic heterocycles. The largest absolute Gasteiger partial charge is 0.422 e. The molecule has 19 heavy (non-hydrogen) atoms. The lowest BCUT2D eigenvalue weighted by molar-refractivity contribution is 0.0717. The van der Waals surface area contributed by atoms with E-state index in [0.717, 1.165) is 5.56 Å². The number of nitriles is 1. The average Bonchev–Trinajstić information content (AvgIpc) is 2.76. The van der Waals surface area contributed by atoms with Crippen molar-refractivity contribution in [2.45, 2.75) is 0 Å². The van der Waals surface area contributed by atoms with Crippen molar-refractivity contribution in [1.82, 2.24) is 4.98 Å². The normalized spacial score (nSPS) is 14.9. The quantitative estimate of drug-likeness (QED) is 0.728. The van der Waals surface area contributed by atoms with E-state index in [1.54, 1.807) is 36.4 Å². The predicted octanol–water partition coefficient (Wildman–Crippen LogP) is 2.62. The second-order valence-electron chi connectivity index (χ2n) is 4.00. The summed E-state index contributed by atoms with van der Waals surface area (Å²) in [6.45, 7) is 0. The molecule has 1 aliphatic rings. The van der Waals surface area contributed by atoms with Gasteiger partial charge in [0.25, 0.3) is 0 Å². The Kier molecular flexibility index (Phi) is 2.58. The second kappa shape index (κ2) is 4.39. The van der Waals surface area contributed by atoms with Crippen LogP contribution in [0, 0.1) is 11.3 Å². The number of hydrogen-bond donors (Lipinski definition) is 0. The summed E-state index contributed by atoms with van der Waals surface area (Å²) in [7, 11) is 0. The third-order valence-corrected chi connectivity index (χ3v) is 2.78. The molecule has 0 fully saturated rings. The van der Waals surface area contributed by atoms with Crippen LogP contribution < -0.4 is 0 Å². The Hall–Kier alpha value is -2.93. The Labute approximate surface area is 109 Å². The van der Waals surface area contributed by atoms with Gasteiger partial charge in [-0.25, -0.2) is 9.78 Å². The number of carbonyl (C=O) groups is 1. The van der Waals surface area contributed by atoms with Gasteiger partial charge in [-0.15, -0.1) is 0 Å². The van der Waals surface area contributed by atoms with E-state index >= 15 is 0 Å². The Morgan fingerprint density at radius 3 is 2.68 bits per heavy atom. The molecule has 90 valence electrons. The zero-order valence-corrected chi connectivity index (χ0v) is 9.83. The minimum absolute atomic E-state index is 0.326. The number of esters is 1. The number of pyridine rings is 1. The summed E-state index contributed by atoms with van der Waals surface area (Å²) in [5.74, 6) is 0.0986. The van der Waals surface area contributed by atoms with Gasteiger partial charge in [-0.3, -0.25) is 0 Å². The number of cyclic esters (lactones) is 1. The van der Waals surface area contributed by atoms with Crippen LogP contribution in [0.15, 0.2) is 42.5 Å². The van der Waals surface area contributed by atoms with Crippen LogP contribution in [-0.4, -0.2) is 11.0 Å². The van der Waals surface area contributed by atoms with E-state index in [0.29, 0.717) is 22.7 Å². The number of carbonyl (C=O) groups excluding carboxylic acids is 1. The van der Waals surface area contributed by atoms with Crippen LogP contribution in [0.1, 0.15) is 27.3 Å². The lowest BCUT2D eigenvalue weighted by Crippen LogP contribution is -1.92. The summed E-state index contributed by atoms with van der Waals surface area (Å²) < 4.78 is 5.21. The van der Waals surface area contributed by atoms with Gasteiger partial charge in [0.15, 0.2) is 0 Å². The zero-order valence-electron chi connectivity index (χ0n) is 9.83. The van der Waals surface area contributed by atoms with E-state index in [-0.39, 0.29) is 5.97 Å². The number of benzene rings is 1. The van der Waals surface area contributed by atoms with Gasteiger partial charge < -0.3 is 4.74 Å². The van der Waals surface area contributed by atoms with Crippen molar-refractivity contribution in [2.75, 3.05) is 0 Å². The molecule has 0 aliphatic carbocycles. The van der Waals surface area contributed by atoms with Crippen molar-refractivity contribution < 1.29 is 9.53 Å². The summed E-state index contributed by atoms with van der Waals surface area (Å²) in [6, 6.07) is 14.3. The van der Waals surface area contributed by atoms with Gasteiger partial charge in [0.2, 0.25) is 0 Å². The molecule has 0 atom stereocenters. The highest BCUT2D eigenvalue weighted by molar-refractivity contribution is 6.05. The molecule has 4 nitrogen and oxygen atoms in total. The molecule has 2 aromatic rings. The molecule has 1 aromatic carbocycles. The van der Waals surface area contributed by atoms with Crippen molar-refractivity contribution >= 4 is 17.8 Å². The number of fused-ring (bicyclic) bond motifs is 1. The molecule has 1 aliphatic heterocycles. The number of aromatic nitrogens is 1. The lowest BCUT2D eigenvalue weighted by Gasteiger charge is -1.98. The minimum Gasteiger partial charge on any atom is -0.422 e. The number of rotatable bonds is 1. The molecular formula is C15H8N2O2. The van der Waals surface area contributed by atoms with Crippen molar-refractivity contribution in [2.24, 2.45) is 0 Å². The molecule has 0 saturated carbocycles. The van der Waals surface area contributed by atoms with Crippen molar-refractivity contribution in [3.05, 3.63) is 65.0 Å². The molecule has 2 heterocycles. The van der Waals surface area contributed by atoms with Gasteiger partial charge >= 0.3 is 5.97 Å². The maximum Gasteiger partial charge on any atom is 0.344 e. The Morgan fingerprint density at radius 2 is 1.89 bits per heavy atom. The van der Waals surface area contributed by atoms with Crippen LogP contribution >= 0.6 is 0 Å². The van der Waals surface area contributed by atoms with E-state index < -0.39 is 0 Å². The molecule has 3 rings (SSSR count). The second-order valence-corrected chi connectivity index (χ2v) is 4.00. The smallest absolute Gasteiger partial charge is 0.344 e. The molecule has 0 N–H and O–H groups in total. The van der Waals surface area contributed by atoms with Crippen LogP contribution in [0.2, 0.25) is 0 Å². The van der Waals surface area contributed by atoms with Crippen LogP contribution in [0.25, 0.3) is 11.8 Å². The summed E-state index contributed by atoms with van der Waals surface area (Å²) in [4.78, 5) is 15.8. The number of ether oxygens (including phenoxy) is 1. The number of hydrogen-bond acceptors (Lipinski definition) is 4. The van der Waals surface area contributed by atoms with Gasteiger partial charge in [0, 0.05) is 11.6 Å². The van der Waals surface area contributed by atoms with Crippen LogP contribution in [0.5, 0.6) is 0 Å². The van der Waals surface area contributed by atoms with E-state index in [2.05, 4.69) is 4.98 Å². The first-order valence-corrected chi connectivity index (χ1v) is 5.68. The highest BCUT2D eigenvalue weighted by atomic mass is 16.5. The topological polar surface area (TPSA) is 63.0 Å². The van der Waals surface area contributed by atoms with Crippen molar-refractivity contribution in [3.63, 3.8) is 0 Å². The van der Waals surface area contributed by atoms with E-state index in [1.165, 1.54) is 0 Å². The van der Waals surface area contributed by atoms with Gasteiger partial charge in [-0.05, 0) is 18.2 Å². The summed E-state index contributed by atoms with van der Waals surface area (Å²) in [6.07, 6.45) is 1.66. The van der Waals surface area contributed by atoms with Gasteiger partial charge in [-0.1, -0.05) is 24.3 Å². The van der Waals surface area contributed by atoms with Gasteiger partial charge in [0.05, 0.1) is 11.3 Å². The fraction of sp³-hybridized carbons (Fsp3) is 0. The first-order valence-electron chi connectivity index (χ1n) is 5.68. The fourth-order valence-corrected chi connectivity index (χ4v) is 1.92. The average molecular weight is 248 g/mol. The van der Waals surface area contributed by atoms with Crippen LogP contribution in [0.3, 0.4) is 0 Å². The van der Waals surface area contributed by atoms with Gasteiger partial charge in [-0.2, -0.15) is 5.26 Å². The summed E-state index contributed by atoms with van der Waals surface area (Å²) in [5, 5.41) is 8.80. The summed E-state index contributed by atoms with van der Waals surface area (Å²) in [5.41, 5.74) is 2.20. The highest BCUT2D eigenvalue weighted by Gasteiger charge is 2.25. The molecule has 0 saturated heterocycles. The monoisotopic (exact) mass is 248 g/mol. The molecule has 4 heteroatoms. The lowest BCUT2D eigenvalue weighted by atomic mass is 10.1. The maximum absolute atomic E-state index is 11.7. The standard InChI is InChI=1S/C15H8N2O2/c16-9-11-5-3-4-10(17-11)8-14-12-6-1-2-7-13(12)15(18)19-14/h1-8H/b14-8-. The Morgan fingerprint density at radius 1 is 1.11 bits per heavy atom. The van der Waals surface area contributed by atoms with Crippen molar-refractivity contribution in [1.29, 1.82) is 5.26 Å². The molecular weight excluding hydrogens is 240 g/mol. The third kappa shape index (κ3) is 1.98. The van der Waals surface area contributed by atoms with E-state index in [1.807, 2.05) is 18.2 Å². The molecule has 0 radical (unpaired) electrons.